The number of rotatable bonds is 17. The van der Waals surface area contributed by atoms with E-state index in [9.17, 15) is 24.3 Å². The fourth-order valence-electron chi connectivity index (χ4n) is 3.28. The molecule has 0 aliphatic heterocycles. The van der Waals surface area contributed by atoms with Gasteiger partial charge in [0.1, 0.15) is 12.1 Å². The van der Waals surface area contributed by atoms with Gasteiger partial charge in [0, 0.05) is 13.0 Å². The zero-order valence-electron chi connectivity index (χ0n) is 24.7. The first-order valence-corrected chi connectivity index (χ1v) is 13.7. The molecule has 0 fully saturated rings. The summed E-state index contributed by atoms with van der Waals surface area (Å²) in [6.45, 7) is 13.9. The summed E-state index contributed by atoms with van der Waals surface area (Å²) in [7, 11) is 0. The number of carboxylic acid groups (broad SMARTS) is 1. The highest BCUT2D eigenvalue weighted by Crippen LogP contribution is 2.30. The molecule has 0 amide bonds. The molecule has 226 valence electrons. The van der Waals surface area contributed by atoms with Gasteiger partial charge in [-0.25, -0.2) is 9.59 Å². The first-order chi connectivity index (χ1) is 18.8. The van der Waals surface area contributed by atoms with Crippen molar-refractivity contribution in [1.82, 2.24) is 5.32 Å². The van der Waals surface area contributed by atoms with E-state index in [-0.39, 0.29) is 56.0 Å². The van der Waals surface area contributed by atoms with Gasteiger partial charge in [0.25, 0.3) is 0 Å². The highest BCUT2D eigenvalue weighted by molar-refractivity contribution is 5.74. The number of hydrogen-bond donors (Lipinski definition) is 2. The second-order valence-electron chi connectivity index (χ2n) is 10.9. The lowest BCUT2D eigenvalue weighted by Crippen LogP contribution is -2.42. The number of nitrogens with one attached hydrogen (secondary N) is 1. The van der Waals surface area contributed by atoms with Crippen LogP contribution in [0.5, 0.6) is 11.5 Å². The Balaban J connectivity index is 2.97. The number of benzene rings is 1. The van der Waals surface area contributed by atoms with Crippen LogP contribution in [0.15, 0.2) is 18.2 Å². The molecule has 1 unspecified atom stereocenters. The molecule has 2 N–H and O–H groups in total. The summed E-state index contributed by atoms with van der Waals surface area (Å²) < 4.78 is 26.1. The maximum atomic E-state index is 12.3. The van der Waals surface area contributed by atoms with Crippen LogP contribution < -0.4 is 14.8 Å². The summed E-state index contributed by atoms with van der Waals surface area (Å²) in [5.41, 5.74) is 0.481. The van der Waals surface area contributed by atoms with Crippen LogP contribution in [0.2, 0.25) is 0 Å². The van der Waals surface area contributed by atoms with Gasteiger partial charge in [-0.05, 0) is 61.6 Å². The van der Waals surface area contributed by atoms with Gasteiger partial charge in [0.2, 0.25) is 0 Å². The van der Waals surface area contributed by atoms with Gasteiger partial charge in [-0.15, -0.1) is 0 Å². The fourth-order valence-corrected chi connectivity index (χ4v) is 3.28. The minimum atomic E-state index is -1.12. The summed E-state index contributed by atoms with van der Waals surface area (Å²) in [6, 6.07) is 3.32. The number of carbonyl (C=O) groups excluding carboxylic acids is 3. The van der Waals surface area contributed by atoms with Crippen LogP contribution in [0, 0.1) is 17.8 Å². The van der Waals surface area contributed by atoms with Crippen molar-refractivity contribution < 1.29 is 48.0 Å². The molecule has 0 aromatic heterocycles. The molecule has 0 bridgehead atoms. The van der Waals surface area contributed by atoms with Crippen LogP contribution in [0.3, 0.4) is 0 Å². The second kappa shape index (κ2) is 18.1. The third kappa shape index (κ3) is 15.3. The minimum Gasteiger partial charge on any atom is -0.480 e. The Morgan fingerprint density at radius 3 is 1.85 bits per heavy atom. The van der Waals surface area contributed by atoms with E-state index < -0.39 is 30.4 Å². The van der Waals surface area contributed by atoms with Gasteiger partial charge in [0.05, 0.1) is 13.2 Å². The van der Waals surface area contributed by atoms with E-state index in [1.54, 1.807) is 13.0 Å². The van der Waals surface area contributed by atoms with Crippen molar-refractivity contribution in [3.8, 4) is 11.5 Å². The Morgan fingerprint density at radius 2 is 1.35 bits per heavy atom. The van der Waals surface area contributed by atoms with E-state index in [1.807, 2.05) is 41.5 Å². The molecule has 0 radical (unpaired) electrons. The predicted molar refractivity (Wildman–Crippen MR) is 147 cm³/mol. The number of carboxylic acids is 1. The highest BCUT2D eigenvalue weighted by Gasteiger charge is 2.22. The van der Waals surface area contributed by atoms with Crippen molar-refractivity contribution in [2.24, 2.45) is 17.8 Å². The summed E-state index contributed by atoms with van der Waals surface area (Å²) >= 11 is 0. The number of hydrogen-bond acceptors (Lipinski definition) is 10. The van der Waals surface area contributed by atoms with Crippen LogP contribution in [0.25, 0.3) is 0 Å². The average molecular weight is 568 g/mol. The monoisotopic (exact) mass is 567 g/mol. The summed E-state index contributed by atoms with van der Waals surface area (Å²) in [5.74, 6) is -0.869. The van der Waals surface area contributed by atoms with E-state index >= 15 is 0 Å². The smallest absolute Gasteiger partial charge is 0.480 e. The zero-order valence-corrected chi connectivity index (χ0v) is 24.7. The third-order valence-corrected chi connectivity index (χ3v) is 5.52. The van der Waals surface area contributed by atoms with Crippen molar-refractivity contribution in [3.05, 3.63) is 23.8 Å². The Morgan fingerprint density at radius 1 is 0.800 bits per heavy atom. The Hall–Kier alpha value is -3.34. The van der Waals surface area contributed by atoms with Crippen LogP contribution in [0.1, 0.15) is 73.3 Å². The van der Waals surface area contributed by atoms with Crippen LogP contribution >= 0.6 is 0 Å². The normalized spacial score (nSPS) is 12.7. The standard InChI is InChI=1S/C29H45NO10/c1-18(2)10-12-36-28(34)39-24-9-8-22(16-25(24)40-29(35)37-13-11-19(3)4)15-23(27(32)33)30-17-21(7)38-26(31)14-20(5)6/h8-9,16,18-21,23,30H,10-15,17H2,1-7H3,(H,32,33)/t21?,23-/m0/s1. The fraction of sp³-hybridized carbons (Fsp3) is 0.655. The first-order valence-electron chi connectivity index (χ1n) is 13.7. The number of carbonyl (C=O) groups is 4. The minimum absolute atomic E-state index is 0.000133. The van der Waals surface area contributed by atoms with Crippen molar-refractivity contribution in [2.45, 2.75) is 86.3 Å². The molecule has 1 aromatic rings. The Labute approximate surface area is 236 Å². The molecular formula is C29H45NO10. The molecule has 0 aliphatic rings. The maximum Gasteiger partial charge on any atom is 0.513 e. The van der Waals surface area contributed by atoms with Crippen LogP contribution in [-0.2, 0) is 30.2 Å². The molecule has 11 nitrogen and oxygen atoms in total. The molecule has 1 rings (SSSR count). The van der Waals surface area contributed by atoms with Gasteiger partial charge in [-0.3, -0.25) is 9.59 Å². The molecule has 40 heavy (non-hydrogen) atoms. The quantitative estimate of drug-likeness (QED) is 0.142. The second-order valence-corrected chi connectivity index (χ2v) is 10.9. The van der Waals surface area contributed by atoms with Gasteiger partial charge in [0.15, 0.2) is 11.5 Å². The van der Waals surface area contributed by atoms with E-state index in [1.165, 1.54) is 12.1 Å². The topological polar surface area (TPSA) is 147 Å². The van der Waals surface area contributed by atoms with E-state index in [0.29, 0.717) is 30.2 Å². The Kier molecular flexibility index (Phi) is 15.7. The van der Waals surface area contributed by atoms with Crippen LogP contribution in [0.4, 0.5) is 9.59 Å². The van der Waals surface area contributed by atoms with E-state index in [4.69, 9.17) is 23.7 Å². The van der Waals surface area contributed by atoms with Crippen molar-refractivity contribution >= 4 is 24.2 Å². The summed E-state index contributed by atoms with van der Waals surface area (Å²) in [6.07, 6.45) is -0.922. The predicted octanol–water partition coefficient (Wildman–Crippen LogP) is 5.37. The lowest BCUT2D eigenvalue weighted by molar-refractivity contribution is -0.149. The van der Waals surface area contributed by atoms with E-state index in [2.05, 4.69) is 5.32 Å². The lowest BCUT2D eigenvalue weighted by atomic mass is 10.0. The first kappa shape index (κ1) is 34.7. The summed E-state index contributed by atoms with van der Waals surface area (Å²) in [5, 5.41) is 12.6. The Bertz CT molecular complexity index is 960. The molecule has 0 spiro atoms. The van der Waals surface area contributed by atoms with Gasteiger partial charge < -0.3 is 34.1 Å². The molecule has 2 atom stereocenters. The number of ether oxygens (including phenoxy) is 5. The molecule has 0 saturated heterocycles. The lowest BCUT2D eigenvalue weighted by Gasteiger charge is -2.19. The molecule has 0 aliphatic carbocycles. The number of aliphatic carboxylic acids is 1. The largest absolute Gasteiger partial charge is 0.513 e. The molecule has 0 heterocycles. The summed E-state index contributed by atoms with van der Waals surface area (Å²) in [4.78, 5) is 48.3. The zero-order chi connectivity index (χ0) is 30.2. The molecular weight excluding hydrogens is 522 g/mol. The van der Waals surface area contributed by atoms with Gasteiger partial charge in [-0.2, -0.15) is 0 Å². The van der Waals surface area contributed by atoms with Crippen molar-refractivity contribution in [2.75, 3.05) is 19.8 Å². The molecule has 11 heteroatoms. The van der Waals surface area contributed by atoms with Gasteiger partial charge >= 0.3 is 24.2 Å². The average Bonchev–Trinajstić information content (AvgIpc) is 2.81. The third-order valence-electron chi connectivity index (χ3n) is 5.52. The SMILES string of the molecule is CC(C)CCOC(=O)Oc1ccc(C[C@H](NCC(C)OC(=O)CC(C)C)C(=O)O)cc1OC(=O)OCCC(C)C. The van der Waals surface area contributed by atoms with Crippen molar-refractivity contribution in [1.29, 1.82) is 0 Å². The molecule has 1 aromatic carbocycles. The van der Waals surface area contributed by atoms with Gasteiger partial charge in [-0.1, -0.05) is 47.6 Å². The highest BCUT2D eigenvalue weighted by atomic mass is 16.7. The number of esters is 1. The van der Waals surface area contributed by atoms with Crippen molar-refractivity contribution in [3.63, 3.8) is 0 Å². The van der Waals surface area contributed by atoms with E-state index in [0.717, 1.165) is 0 Å². The maximum absolute atomic E-state index is 12.3. The van der Waals surface area contributed by atoms with Crippen LogP contribution in [-0.4, -0.2) is 61.3 Å². The molecule has 0 saturated carbocycles.